The van der Waals surface area contributed by atoms with Crippen molar-refractivity contribution in [2.24, 2.45) is 0 Å². The number of rotatable bonds is 7. The van der Waals surface area contributed by atoms with Gasteiger partial charge in [0.25, 0.3) is 0 Å². The highest BCUT2D eigenvalue weighted by atomic mass is 19.1. The van der Waals surface area contributed by atoms with Gasteiger partial charge in [0.1, 0.15) is 11.6 Å². The van der Waals surface area contributed by atoms with Gasteiger partial charge in [0, 0.05) is 19.2 Å². The van der Waals surface area contributed by atoms with Gasteiger partial charge in [-0.05, 0) is 44.9 Å². The maximum atomic E-state index is 13.7. The number of benzene rings is 1. The summed E-state index contributed by atoms with van der Waals surface area (Å²) in [7, 11) is 1.67. The molecule has 4 heteroatoms. The third-order valence-electron chi connectivity index (χ3n) is 3.26. The monoisotopic (exact) mass is 271 g/mol. The van der Waals surface area contributed by atoms with Crippen LogP contribution in [0, 0.1) is 11.6 Å². The van der Waals surface area contributed by atoms with E-state index in [9.17, 15) is 8.78 Å². The van der Waals surface area contributed by atoms with Gasteiger partial charge in [-0.25, -0.2) is 8.78 Å². The predicted molar refractivity (Wildman–Crippen MR) is 73.2 cm³/mol. The molecule has 0 aliphatic heterocycles. The van der Waals surface area contributed by atoms with Gasteiger partial charge in [0.15, 0.2) is 0 Å². The number of hydrogen-bond acceptors (Lipinski definition) is 2. The molecule has 0 aliphatic rings. The summed E-state index contributed by atoms with van der Waals surface area (Å²) in [5.74, 6) is -1.03. The van der Waals surface area contributed by atoms with E-state index < -0.39 is 11.6 Å². The molecule has 19 heavy (non-hydrogen) atoms. The molecule has 0 saturated heterocycles. The number of likely N-dealkylation sites (N-methyl/N-ethyl adjacent to an activating group) is 1. The van der Waals surface area contributed by atoms with E-state index in [1.165, 1.54) is 12.1 Å². The van der Waals surface area contributed by atoms with Gasteiger partial charge in [-0.3, -0.25) is 0 Å². The molecule has 0 fully saturated rings. The van der Waals surface area contributed by atoms with Gasteiger partial charge in [0.2, 0.25) is 0 Å². The molecule has 1 aromatic carbocycles. The number of nitrogens with one attached hydrogen (secondary N) is 1. The fourth-order valence-corrected chi connectivity index (χ4v) is 2.13. The van der Waals surface area contributed by atoms with Crippen molar-refractivity contribution in [3.05, 3.63) is 35.4 Å². The van der Waals surface area contributed by atoms with E-state index >= 15 is 0 Å². The van der Waals surface area contributed by atoms with Crippen molar-refractivity contribution in [2.45, 2.75) is 45.3 Å². The van der Waals surface area contributed by atoms with E-state index in [1.54, 1.807) is 7.11 Å². The van der Waals surface area contributed by atoms with E-state index in [-0.39, 0.29) is 11.6 Å². The van der Waals surface area contributed by atoms with Crippen LogP contribution < -0.4 is 5.32 Å². The van der Waals surface area contributed by atoms with Crippen LogP contribution in [0.5, 0.6) is 0 Å². The molecule has 0 aromatic heterocycles. The van der Waals surface area contributed by atoms with Crippen LogP contribution in [0.25, 0.3) is 0 Å². The van der Waals surface area contributed by atoms with E-state index in [0.717, 1.165) is 19.0 Å². The molecule has 1 rings (SSSR count). The Kier molecular flexibility index (Phi) is 5.88. The van der Waals surface area contributed by atoms with Gasteiger partial charge in [-0.1, -0.05) is 13.0 Å². The first-order valence-electron chi connectivity index (χ1n) is 6.60. The zero-order valence-electron chi connectivity index (χ0n) is 12.1. The number of halogens is 2. The normalized spacial score (nSPS) is 13.6. The second kappa shape index (κ2) is 6.96. The summed E-state index contributed by atoms with van der Waals surface area (Å²) < 4.78 is 32.0. The first-order chi connectivity index (χ1) is 8.88. The largest absolute Gasteiger partial charge is 0.379 e. The quantitative estimate of drug-likeness (QED) is 0.821. The summed E-state index contributed by atoms with van der Waals surface area (Å²) in [6.45, 7) is 6.80. The third-order valence-corrected chi connectivity index (χ3v) is 3.26. The van der Waals surface area contributed by atoms with E-state index in [4.69, 9.17) is 4.74 Å². The molecule has 108 valence electrons. The number of ether oxygens (including phenoxy) is 1. The zero-order valence-corrected chi connectivity index (χ0v) is 12.1. The highest BCUT2D eigenvalue weighted by Gasteiger charge is 2.23. The number of hydrogen-bond donors (Lipinski definition) is 1. The Bertz CT molecular complexity index is 407. The van der Waals surface area contributed by atoms with Crippen LogP contribution in [0.4, 0.5) is 8.78 Å². The summed E-state index contributed by atoms with van der Waals surface area (Å²) in [5, 5.41) is 3.32. The molecule has 0 saturated carbocycles. The minimum absolute atomic E-state index is 0.0971. The Labute approximate surface area is 114 Å². The summed E-state index contributed by atoms with van der Waals surface area (Å²) >= 11 is 0. The van der Waals surface area contributed by atoms with Crippen LogP contribution in [0.2, 0.25) is 0 Å². The van der Waals surface area contributed by atoms with Crippen molar-refractivity contribution >= 4 is 0 Å². The Morgan fingerprint density at radius 3 is 2.53 bits per heavy atom. The summed E-state index contributed by atoms with van der Waals surface area (Å²) in [5.41, 5.74) is 0.253. The van der Waals surface area contributed by atoms with Gasteiger partial charge < -0.3 is 10.1 Å². The van der Waals surface area contributed by atoms with Gasteiger partial charge in [-0.2, -0.15) is 0 Å². The molecule has 1 atom stereocenters. The lowest BCUT2D eigenvalue weighted by molar-refractivity contribution is 0.00720. The Hall–Kier alpha value is -1.00. The van der Waals surface area contributed by atoms with Crippen LogP contribution in [0.15, 0.2) is 18.2 Å². The zero-order chi connectivity index (χ0) is 14.5. The van der Waals surface area contributed by atoms with Gasteiger partial charge >= 0.3 is 0 Å². The van der Waals surface area contributed by atoms with Crippen LogP contribution in [0.3, 0.4) is 0 Å². The van der Waals surface area contributed by atoms with Crippen molar-refractivity contribution in [3.63, 3.8) is 0 Å². The minimum Gasteiger partial charge on any atom is -0.379 e. The van der Waals surface area contributed by atoms with Gasteiger partial charge in [0.05, 0.1) is 5.60 Å². The molecule has 0 radical (unpaired) electrons. The highest BCUT2D eigenvalue weighted by Crippen LogP contribution is 2.20. The average Bonchev–Trinajstić information content (AvgIpc) is 2.32. The second-order valence-electron chi connectivity index (χ2n) is 5.36. The molecule has 0 heterocycles. The van der Waals surface area contributed by atoms with E-state index in [2.05, 4.69) is 5.32 Å². The minimum atomic E-state index is -0.543. The molecular weight excluding hydrogens is 248 g/mol. The Morgan fingerprint density at radius 2 is 2.00 bits per heavy atom. The fraction of sp³-hybridized carbons (Fsp3) is 0.600. The molecule has 1 unspecified atom stereocenters. The average molecular weight is 271 g/mol. The third kappa shape index (κ3) is 5.25. The van der Waals surface area contributed by atoms with E-state index in [1.807, 2.05) is 20.8 Å². The summed E-state index contributed by atoms with van der Waals surface area (Å²) in [6, 6.07) is 3.83. The van der Waals surface area contributed by atoms with Crippen LogP contribution in [0.1, 0.15) is 32.8 Å². The molecule has 0 bridgehead atoms. The molecule has 1 N–H and O–H groups in total. The first kappa shape index (κ1) is 16.1. The lowest BCUT2D eigenvalue weighted by atomic mass is 9.93. The van der Waals surface area contributed by atoms with Crippen molar-refractivity contribution in [1.29, 1.82) is 0 Å². The molecule has 0 aliphatic carbocycles. The lowest BCUT2D eigenvalue weighted by Crippen LogP contribution is -2.39. The molecular formula is C15H23F2NO. The van der Waals surface area contributed by atoms with Crippen molar-refractivity contribution in [1.82, 2.24) is 5.32 Å². The second-order valence-corrected chi connectivity index (χ2v) is 5.36. The molecule has 1 aromatic rings. The van der Waals surface area contributed by atoms with Crippen molar-refractivity contribution in [3.8, 4) is 0 Å². The van der Waals surface area contributed by atoms with Crippen LogP contribution >= 0.6 is 0 Å². The molecule has 0 spiro atoms. The fourth-order valence-electron chi connectivity index (χ4n) is 2.13. The molecule has 0 amide bonds. The highest BCUT2D eigenvalue weighted by molar-refractivity contribution is 5.19. The topological polar surface area (TPSA) is 21.3 Å². The van der Waals surface area contributed by atoms with E-state index in [0.29, 0.717) is 12.0 Å². The first-order valence-corrected chi connectivity index (χ1v) is 6.60. The van der Waals surface area contributed by atoms with Crippen LogP contribution in [-0.4, -0.2) is 25.3 Å². The van der Waals surface area contributed by atoms with Crippen molar-refractivity contribution < 1.29 is 13.5 Å². The lowest BCUT2D eigenvalue weighted by Gasteiger charge is -2.29. The van der Waals surface area contributed by atoms with Gasteiger partial charge in [-0.15, -0.1) is 0 Å². The maximum Gasteiger partial charge on any atom is 0.129 e. The predicted octanol–water partition coefficient (Wildman–Crippen LogP) is 3.30. The Balaban J connectivity index is 2.77. The smallest absolute Gasteiger partial charge is 0.129 e. The Morgan fingerprint density at radius 1 is 1.32 bits per heavy atom. The SMILES string of the molecule is CCNC(Cc1ccc(F)cc1F)CC(C)(C)OC. The van der Waals surface area contributed by atoms with Crippen molar-refractivity contribution in [2.75, 3.05) is 13.7 Å². The maximum absolute atomic E-state index is 13.7. The summed E-state index contributed by atoms with van der Waals surface area (Å²) in [6.07, 6.45) is 1.28. The summed E-state index contributed by atoms with van der Waals surface area (Å²) in [4.78, 5) is 0. The molecule has 2 nitrogen and oxygen atoms in total. The standard InChI is InChI=1S/C15H23F2NO/c1-5-18-13(10-15(2,3)19-4)8-11-6-7-12(16)9-14(11)17/h6-7,9,13,18H,5,8,10H2,1-4H3. The number of methoxy groups -OCH3 is 1. The van der Waals surface area contributed by atoms with Crippen LogP contribution in [-0.2, 0) is 11.2 Å².